The van der Waals surface area contributed by atoms with Gasteiger partial charge in [-0.1, -0.05) is 26.0 Å². The summed E-state index contributed by atoms with van der Waals surface area (Å²) in [5.74, 6) is 1.15. The Morgan fingerprint density at radius 3 is 2.77 bits per heavy atom. The molecule has 2 aromatic rings. The molecule has 0 aliphatic heterocycles. The monoisotopic (exact) mass is 361 g/mol. The number of carbonyl (C=O) groups excluding carboxylic acids is 1. The average molecular weight is 362 g/mol. The summed E-state index contributed by atoms with van der Waals surface area (Å²) in [5, 5.41) is 6.13. The number of carbonyl (C=O) groups is 1. The number of halogens is 1. The molecule has 0 aliphatic carbocycles. The lowest BCUT2D eigenvalue weighted by molar-refractivity contribution is 0.0952. The van der Waals surface area contributed by atoms with Gasteiger partial charge in [-0.2, -0.15) is 0 Å². The minimum Gasteiger partial charge on any atom is -0.352 e. The minimum absolute atomic E-state index is 0.0711. The molecular weight excluding hydrogens is 342 g/mol. The molecule has 1 aromatic heterocycles. The number of nitrogens with zero attached hydrogens (tertiary/aromatic N) is 1. The summed E-state index contributed by atoms with van der Waals surface area (Å²) in [4.78, 5) is 16.4. The van der Waals surface area contributed by atoms with Crippen molar-refractivity contribution in [2.24, 2.45) is 5.92 Å². The molecule has 22 heavy (non-hydrogen) atoms. The maximum absolute atomic E-state index is 12.1. The van der Waals surface area contributed by atoms with Crippen LogP contribution in [0, 0.1) is 5.92 Å². The van der Waals surface area contributed by atoms with Crippen molar-refractivity contribution in [2.75, 3.05) is 11.9 Å². The van der Waals surface area contributed by atoms with E-state index in [4.69, 9.17) is 0 Å². The third-order valence-electron chi connectivity index (χ3n) is 3.17. The fourth-order valence-electron chi connectivity index (χ4n) is 1.92. The van der Waals surface area contributed by atoms with Crippen molar-refractivity contribution in [1.82, 2.24) is 10.3 Å². The number of para-hydroxylation sites is 1. The zero-order valence-corrected chi connectivity index (χ0v) is 14.4. The molecule has 5 heteroatoms. The smallest absolute Gasteiger partial charge is 0.251 e. The first-order valence-corrected chi connectivity index (χ1v) is 8.11. The largest absolute Gasteiger partial charge is 0.352 e. The van der Waals surface area contributed by atoms with Gasteiger partial charge in [0.25, 0.3) is 5.91 Å². The van der Waals surface area contributed by atoms with Gasteiger partial charge in [0.2, 0.25) is 0 Å². The van der Waals surface area contributed by atoms with Crippen LogP contribution in [0.15, 0.2) is 47.1 Å². The molecule has 1 heterocycles. The number of nitrogens with one attached hydrogen (secondary N) is 2. The van der Waals surface area contributed by atoms with Gasteiger partial charge >= 0.3 is 0 Å². The Morgan fingerprint density at radius 1 is 1.27 bits per heavy atom. The minimum atomic E-state index is -0.0711. The summed E-state index contributed by atoms with van der Waals surface area (Å²) in [7, 11) is 0. The van der Waals surface area contributed by atoms with Gasteiger partial charge in [-0.05, 0) is 52.5 Å². The van der Waals surface area contributed by atoms with Crippen LogP contribution in [0.4, 0.5) is 11.5 Å². The van der Waals surface area contributed by atoms with Crippen LogP contribution in [0.25, 0.3) is 0 Å². The molecule has 0 bridgehead atoms. The van der Waals surface area contributed by atoms with E-state index < -0.39 is 0 Å². The Kier molecular flexibility index (Phi) is 5.95. The first-order valence-electron chi connectivity index (χ1n) is 7.32. The van der Waals surface area contributed by atoms with Crippen LogP contribution in [0.5, 0.6) is 0 Å². The highest BCUT2D eigenvalue weighted by molar-refractivity contribution is 9.10. The summed E-state index contributed by atoms with van der Waals surface area (Å²) >= 11 is 3.48. The van der Waals surface area contributed by atoms with Crippen LogP contribution < -0.4 is 10.6 Å². The van der Waals surface area contributed by atoms with Gasteiger partial charge < -0.3 is 10.6 Å². The van der Waals surface area contributed by atoms with Crippen LogP contribution in [-0.4, -0.2) is 17.4 Å². The molecule has 0 saturated heterocycles. The molecule has 116 valence electrons. The van der Waals surface area contributed by atoms with E-state index in [0.717, 1.165) is 16.6 Å². The summed E-state index contributed by atoms with van der Waals surface area (Å²) in [6.45, 7) is 4.96. The van der Waals surface area contributed by atoms with Crippen LogP contribution in [0.2, 0.25) is 0 Å². The highest BCUT2D eigenvalue weighted by Crippen LogP contribution is 2.24. The van der Waals surface area contributed by atoms with E-state index in [9.17, 15) is 4.79 Å². The quantitative estimate of drug-likeness (QED) is 0.803. The normalized spacial score (nSPS) is 10.5. The Balaban J connectivity index is 2.03. The second-order valence-electron chi connectivity index (χ2n) is 5.47. The van der Waals surface area contributed by atoms with Crippen LogP contribution >= 0.6 is 15.9 Å². The highest BCUT2D eigenvalue weighted by Gasteiger charge is 2.07. The lowest BCUT2D eigenvalue weighted by Crippen LogP contribution is -2.25. The maximum atomic E-state index is 12.1. The van der Waals surface area contributed by atoms with E-state index in [-0.39, 0.29) is 5.91 Å². The number of hydrogen-bond donors (Lipinski definition) is 2. The molecule has 0 unspecified atom stereocenters. The zero-order chi connectivity index (χ0) is 15.9. The Morgan fingerprint density at radius 2 is 2.05 bits per heavy atom. The number of amides is 1. The number of anilines is 2. The number of rotatable bonds is 6. The van der Waals surface area contributed by atoms with Crippen molar-refractivity contribution in [1.29, 1.82) is 0 Å². The Hall–Kier alpha value is -1.88. The number of benzene rings is 1. The average Bonchev–Trinajstić information content (AvgIpc) is 2.49. The fraction of sp³-hybridized carbons (Fsp3) is 0.294. The SMILES string of the molecule is CC(C)CCNC(=O)c1ccnc(Nc2ccccc2Br)c1. The summed E-state index contributed by atoms with van der Waals surface area (Å²) in [5.41, 5.74) is 1.51. The molecule has 4 nitrogen and oxygen atoms in total. The summed E-state index contributed by atoms with van der Waals surface area (Å²) in [6.07, 6.45) is 2.61. The van der Waals surface area contributed by atoms with Crippen molar-refractivity contribution in [3.63, 3.8) is 0 Å². The van der Waals surface area contributed by atoms with Crippen molar-refractivity contribution < 1.29 is 4.79 Å². The van der Waals surface area contributed by atoms with Gasteiger partial charge in [-0.25, -0.2) is 4.98 Å². The fourth-order valence-corrected chi connectivity index (χ4v) is 2.30. The molecule has 0 spiro atoms. The molecule has 2 rings (SSSR count). The van der Waals surface area contributed by atoms with E-state index in [0.29, 0.717) is 23.8 Å². The number of aromatic nitrogens is 1. The van der Waals surface area contributed by atoms with Crippen molar-refractivity contribution in [3.05, 3.63) is 52.6 Å². The van der Waals surface area contributed by atoms with Gasteiger partial charge in [0, 0.05) is 22.8 Å². The lowest BCUT2D eigenvalue weighted by Gasteiger charge is -2.10. The molecule has 2 N–H and O–H groups in total. The predicted molar refractivity (Wildman–Crippen MR) is 93.4 cm³/mol. The number of hydrogen-bond acceptors (Lipinski definition) is 3. The molecule has 0 atom stereocenters. The predicted octanol–water partition coefficient (Wildman–Crippen LogP) is 4.36. The second kappa shape index (κ2) is 7.94. The van der Waals surface area contributed by atoms with Crippen LogP contribution in [0.1, 0.15) is 30.6 Å². The van der Waals surface area contributed by atoms with E-state index in [1.807, 2.05) is 24.3 Å². The molecule has 1 aromatic carbocycles. The standard InChI is InChI=1S/C17H20BrN3O/c1-12(2)7-9-20-17(22)13-8-10-19-16(11-13)21-15-6-4-3-5-14(15)18/h3-6,8,10-12H,7,9H2,1-2H3,(H,19,21)(H,20,22). The molecule has 0 fully saturated rings. The summed E-state index contributed by atoms with van der Waals surface area (Å²) in [6, 6.07) is 11.3. The Labute approximate surface area is 139 Å². The molecular formula is C17H20BrN3O. The molecule has 0 radical (unpaired) electrons. The number of pyridine rings is 1. The van der Waals surface area contributed by atoms with E-state index >= 15 is 0 Å². The van der Waals surface area contributed by atoms with Gasteiger partial charge in [-0.3, -0.25) is 4.79 Å². The van der Waals surface area contributed by atoms with Gasteiger partial charge in [0.15, 0.2) is 0 Å². The van der Waals surface area contributed by atoms with Gasteiger partial charge in [-0.15, -0.1) is 0 Å². The molecule has 0 saturated carbocycles. The maximum Gasteiger partial charge on any atom is 0.251 e. The topological polar surface area (TPSA) is 54.0 Å². The van der Waals surface area contributed by atoms with Crippen molar-refractivity contribution >= 4 is 33.3 Å². The van der Waals surface area contributed by atoms with Crippen LogP contribution in [0.3, 0.4) is 0 Å². The Bertz CT molecular complexity index is 643. The summed E-state index contributed by atoms with van der Waals surface area (Å²) < 4.78 is 0.948. The van der Waals surface area contributed by atoms with Crippen molar-refractivity contribution in [3.8, 4) is 0 Å². The third-order valence-corrected chi connectivity index (χ3v) is 3.86. The first kappa shape index (κ1) is 16.5. The van der Waals surface area contributed by atoms with E-state index in [1.165, 1.54) is 0 Å². The molecule has 1 amide bonds. The van der Waals surface area contributed by atoms with Gasteiger partial charge in [0.1, 0.15) is 5.82 Å². The zero-order valence-electron chi connectivity index (χ0n) is 12.8. The van der Waals surface area contributed by atoms with E-state index in [1.54, 1.807) is 18.3 Å². The van der Waals surface area contributed by atoms with Crippen molar-refractivity contribution in [2.45, 2.75) is 20.3 Å². The second-order valence-corrected chi connectivity index (χ2v) is 6.33. The van der Waals surface area contributed by atoms with Gasteiger partial charge in [0.05, 0.1) is 5.69 Å². The highest BCUT2D eigenvalue weighted by atomic mass is 79.9. The first-order chi connectivity index (χ1) is 10.6. The van der Waals surface area contributed by atoms with Crippen LogP contribution in [-0.2, 0) is 0 Å². The third kappa shape index (κ3) is 4.84. The molecule has 0 aliphatic rings. The van der Waals surface area contributed by atoms with E-state index in [2.05, 4.69) is 45.4 Å². The lowest BCUT2D eigenvalue weighted by atomic mass is 10.1.